The molecule has 0 bridgehead atoms. The third-order valence-electron chi connectivity index (χ3n) is 1.28. The molecule has 1 N–H and O–H groups in total. The largest absolute Gasteiger partial charge is 0.380 e. The summed E-state index contributed by atoms with van der Waals surface area (Å²) in [5, 5.41) is 3.04. The van der Waals surface area contributed by atoms with Gasteiger partial charge in [0.2, 0.25) is 0 Å². The van der Waals surface area contributed by atoms with Crippen LogP contribution in [-0.4, -0.2) is 38.3 Å². The van der Waals surface area contributed by atoms with Gasteiger partial charge in [0.25, 0.3) is 0 Å². The first kappa shape index (κ1) is 11.3. The van der Waals surface area contributed by atoms with E-state index in [1.807, 2.05) is 18.8 Å². The lowest BCUT2D eigenvalue weighted by Gasteiger charge is -2.02. The maximum absolute atomic E-state index is 5.34. The molecule has 0 spiro atoms. The second-order valence-electron chi connectivity index (χ2n) is 2.27. The van der Waals surface area contributed by atoms with Crippen molar-refractivity contribution < 1.29 is 4.74 Å². The molecule has 68 valence electrons. The summed E-state index contributed by atoms with van der Waals surface area (Å²) in [6.07, 6.45) is 1.18. The number of thioether (sulfide) groups is 1. The highest BCUT2D eigenvalue weighted by atomic mass is 32.2. The zero-order chi connectivity index (χ0) is 8.36. The quantitative estimate of drug-likeness (QED) is 0.566. The van der Waals surface area contributed by atoms with Gasteiger partial charge in [0.05, 0.1) is 6.61 Å². The van der Waals surface area contributed by atoms with Crippen LogP contribution in [0.5, 0.6) is 0 Å². The van der Waals surface area contributed by atoms with Crippen LogP contribution < -0.4 is 5.32 Å². The second kappa shape index (κ2) is 10.3. The van der Waals surface area contributed by atoms with E-state index in [1.165, 1.54) is 17.9 Å². The van der Waals surface area contributed by atoms with Crippen molar-refractivity contribution >= 4 is 11.8 Å². The van der Waals surface area contributed by atoms with Gasteiger partial charge in [-0.2, -0.15) is 11.8 Å². The number of nitrogens with one attached hydrogen (secondary N) is 1. The summed E-state index contributed by atoms with van der Waals surface area (Å²) >= 11 is 1.98. The molecule has 2 nitrogen and oxygen atoms in total. The molecular formula is C8H19NOS. The van der Waals surface area contributed by atoms with Crippen LogP contribution in [-0.2, 0) is 4.74 Å². The zero-order valence-electron chi connectivity index (χ0n) is 7.56. The Morgan fingerprint density at radius 1 is 1.36 bits per heavy atom. The van der Waals surface area contributed by atoms with E-state index in [9.17, 15) is 0 Å². The summed E-state index contributed by atoms with van der Waals surface area (Å²) < 4.78 is 5.34. The van der Waals surface area contributed by atoms with Crippen LogP contribution >= 0.6 is 11.8 Å². The first-order chi connectivity index (χ1) is 5.41. The zero-order valence-corrected chi connectivity index (χ0v) is 8.38. The van der Waals surface area contributed by atoms with E-state index in [4.69, 9.17) is 4.74 Å². The lowest BCUT2D eigenvalue weighted by molar-refractivity contribution is 0.138. The Hall–Kier alpha value is 0.270. The number of likely N-dealkylation sites (N-methyl/N-ethyl adjacent to an activating group) is 1. The van der Waals surface area contributed by atoms with E-state index in [0.717, 1.165) is 19.8 Å². The molecule has 0 radical (unpaired) electrons. The maximum Gasteiger partial charge on any atom is 0.0590 e. The van der Waals surface area contributed by atoms with Gasteiger partial charge in [-0.15, -0.1) is 0 Å². The minimum absolute atomic E-state index is 0.841. The average molecular weight is 177 g/mol. The van der Waals surface area contributed by atoms with Crippen molar-refractivity contribution in [3.8, 4) is 0 Å². The molecule has 0 amide bonds. The van der Waals surface area contributed by atoms with E-state index in [-0.39, 0.29) is 0 Å². The van der Waals surface area contributed by atoms with Crippen LogP contribution in [0.4, 0.5) is 0 Å². The van der Waals surface area contributed by atoms with Crippen molar-refractivity contribution in [3.63, 3.8) is 0 Å². The van der Waals surface area contributed by atoms with E-state index < -0.39 is 0 Å². The standard InChI is InChI=1S/C8H19NOS/c1-3-11-8-4-6-10-7-5-9-2/h9H,3-8H2,1-2H3. The van der Waals surface area contributed by atoms with E-state index in [1.54, 1.807) is 0 Å². The first-order valence-corrected chi connectivity index (χ1v) is 5.37. The molecule has 0 heterocycles. The molecule has 3 heteroatoms. The Labute approximate surface area is 74.1 Å². The Kier molecular flexibility index (Phi) is 10.5. The highest BCUT2D eigenvalue weighted by molar-refractivity contribution is 7.99. The Morgan fingerprint density at radius 2 is 2.18 bits per heavy atom. The fourth-order valence-corrected chi connectivity index (χ4v) is 1.29. The number of ether oxygens (including phenoxy) is 1. The smallest absolute Gasteiger partial charge is 0.0590 e. The van der Waals surface area contributed by atoms with Crippen LogP contribution in [0.2, 0.25) is 0 Å². The van der Waals surface area contributed by atoms with Crippen molar-refractivity contribution in [1.82, 2.24) is 5.32 Å². The van der Waals surface area contributed by atoms with Gasteiger partial charge >= 0.3 is 0 Å². The monoisotopic (exact) mass is 177 g/mol. The van der Waals surface area contributed by atoms with Crippen molar-refractivity contribution in [1.29, 1.82) is 0 Å². The van der Waals surface area contributed by atoms with Gasteiger partial charge in [0.1, 0.15) is 0 Å². The van der Waals surface area contributed by atoms with Crippen molar-refractivity contribution in [2.24, 2.45) is 0 Å². The van der Waals surface area contributed by atoms with Crippen LogP contribution in [0.15, 0.2) is 0 Å². The molecule has 0 saturated carbocycles. The minimum atomic E-state index is 0.841. The van der Waals surface area contributed by atoms with Crippen LogP contribution in [0.3, 0.4) is 0 Å². The topological polar surface area (TPSA) is 21.3 Å². The Morgan fingerprint density at radius 3 is 2.82 bits per heavy atom. The SMILES string of the molecule is CCSCCCOCCNC. The molecule has 0 saturated heterocycles. The van der Waals surface area contributed by atoms with Gasteiger partial charge < -0.3 is 10.1 Å². The molecule has 0 aromatic heterocycles. The summed E-state index contributed by atoms with van der Waals surface area (Å²) in [7, 11) is 1.94. The Balaban J connectivity index is 2.69. The molecule has 0 aliphatic carbocycles. The fourth-order valence-electron chi connectivity index (χ4n) is 0.684. The lowest BCUT2D eigenvalue weighted by atomic mass is 10.5. The summed E-state index contributed by atoms with van der Waals surface area (Å²) in [5.41, 5.74) is 0. The first-order valence-electron chi connectivity index (χ1n) is 4.22. The average Bonchev–Trinajstić information content (AvgIpc) is 2.03. The third-order valence-corrected chi connectivity index (χ3v) is 2.26. The lowest BCUT2D eigenvalue weighted by Crippen LogP contribution is -2.14. The maximum atomic E-state index is 5.34. The minimum Gasteiger partial charge on any atom is -0.380 e. The molecule has 0 atom stereocenters. The molecule has 11 heavy (non-hydrogen) atoms. The molecule has 0 aliphatic rings. The van der Waals surface area contributed by atoms with Crippen LogP contribution in [0.1, 0.15) is 13.3 Å². The van der Waals surface area contributed by atoms with Crippen molar-refractivity contribution in [2.75, 3.05) is 38.3 Å². The summed E-state index contributed by atoms with van der Waals surface area (Å²) in [4.78, 5) is 0. The summed E-state index contributed by atoms with van der Waals surface area (Å²) in [5.74, 6) is 2.45. The molecule has 0 aromatic rings. The van der Waals surface area contributed by atoms with Gasteiger partial charge in [0, 0.05) is 13.2 Å². The molecule has 0 fully saturated rings. The molecular weight excluding hydrogens is 158 g/mol. The Bertz CT molecular complexity index is 63.1. The highest BCUT2D eigenvalue weighted by Gasteiger charge is 1.87. The van der Waals surface area contributed by atoms with Gasteiger partial charge in [-0.05, 0) is 25.0 Å². The van der Waals surface area contributed by atoms with Gasteiger partial charge in [-0.1, -0.05) is 6.92 Å². The molecule has 0 unspecified atom stereocenters. The van der Waals surface area contributed by atoms with Crippen LogP contribution in [0.25, 0.3) is 0 Å². The van der Waals surface area contributed by atoms with E-state index in [0.29, 0.717) is 0 Å². The molecule has 0 aromatic carbocycles. The number of hydrogen-bond acceptors (Lipinski definition) is 3. The fraction of sp³-hybridized carbons (Fsp3) is 1.00. The molecule has 0 rings (SSSR count). The summed E-state index contributed by atoms with van der Waals surface area (Å²) in [6.45, 7) is 4.90. The second-order valence-corrected chi connectivity index (χ2v) is 3.66. The predicted octanol–water partition coefficient (Wildman–Crippen LogP) is 1.37. The van der Waals surface area contributed by atoms with Crippen molar-refractivity contribution in [3.05, 3.63) is 0 Å². The predicted molar refractivity (Wildman–Crippen MR) is 52.4 cm³/mol. The number of rotatable bonds is 8. The van der Waals surface area contributed by atoms with Gasteiger partial charge in [-0.3, -0.25) is 0 Å². The third kappa shape index (κ3) is 10.3. The molecule has 0 aliphatic heterocycles. The normalized spacial score (nSPS) is 10.4. The van der Waals surface area contributed by atoms with Gasteiger partial charge in [-0.25, -0.2) is 0 Å². The van der Waals surface area contributed by atoms with Crippen molar-refractivity contribution in [2.45, 2.75) is 13.3 Å². The van der Waals surface area contributed by atoms with E-state index in [2.05, 4.69) is 12.2 Å². The highest BCUT2D eigenvalue weighted by Crippen LogP contribution is 2.00. The number of hydrogen-bond donors (Lipinski definition) is 1. The van der Waals surface area contributed by atoms with E-state index >= 15 is 0 Å². The van der Waals surface area contributed by atoms with Crippen LogP contribution in [0, 0.1) is 0 Å². The van der Waals surface area contributed by atoms with Gasteiger partial charge in [0.15, 0.2) is 0 Å². The summed E-state index contributed by atoms with van der Waals surface area (Å²) in [6, 6.07) is 0.